The van der Waals surface area contributed by atoms with Gasteiger partial charge in [0.05, 0.1) is 11.2 Å². The Hall–Kier alpha value is -1.07. The number of nitrogens with one attached hydrogen (secondary N) is 1. The third kappa shape index (κ3) is 3.98. The van der Waals surface area contributed by atoms with Crippen LogP contribution in [-0.4, -0.2) is 23.1 Å². The van der Waals surface area contributed by atoms with Crippen LogP contribution in [0.4, 0.5) is 0 Å². The van der Waals surface area contributed by atoms with Crippen molar-refractivity contribution in [1.82, 2.24) is 10.5 Å². The third-order valence-electron chi connectivity index (χ3n) is 4.46. The molecular formula is C15H26ClN3O2. The van der Waals surface area contributed by atoms with Crippen LogP contribution in [0.25, 0.3) is 0 Å². The minimum Gasteiger partial charge on any atom is -0.351 e. The molecule has 21 heavy (non-hydrogen) atoms. The Bertz CT molecular complexity index is 469. The molecule has 1 heterocycles. The highest BCUT2D eigenvalue weighted by molar-refractivity contribution is 5.92. The standard InChI is InChI=1S/C15H25N3O2.ClH/c1-4-10(5-2)12-8-13(20-18-12)14(19)17-15(3,9-16)11-6-7-11;/h8,10-11H,4-7,9,16H2,1-3H3,(H,17,19);1H. The average Bonchev–Trinajstić information content (AvgIpc) is 3.20. The lowest BCUT2D eigenvalue weighted by Gasteiger charge is -2.28. The molecule has 0 radical (unpaired) electrons. The molecule has 1 aliphatic carbocycles. The highest BCUT2D eigenvalue weighted by Gasteiger charge is 2.42. The first-order valence-electron chi connectivity index (χ1n) is 7.53. The van der Waals surface area contributed by atoms with E-state index in [1.54, 1.807) is 6.07 Å². The SMILES string of the molecule is CCC(CC)c1cc(C(=O)NC(C)(CN)C2CC2)on1.Cl. The molecule has 3 N–H and O–H groups in total. The van der Waals surface area contributed by atoms with Crippen LogP contribution in [0.2, 0.25) is 0 Å². The Balaban J connectivity index is 0.00000220. The van der Waals surface area contributed by atoms with Crippen LogP contribution in [0.3, 0.4) is 0 Å². The molecule has 1 saturated carbocycles. The lowest BCUT2D eigenvalue weighted by molar-refractivity contribution is 0.0859. The Kier molecular flexibility index (Phi) is 6.23. The van der Waals surface area contributed by atoms with Crippen molar-refractivity contribution in [2.24, 2.45) is 11.7 Å². The van der Waals surface area contributed by atoms with E-state index in [2.05, 4.69) is 24.3 Å². The topological polar surface area (TPSA) is 81.2 Å². The van der Waals surface area contributed by atoms with Crippen LogP contribution < -0.4 is 11.1 Å². The summed E-state index contributed by atoms with van der Waals surface area (Å²) in [6.45, 7) is 6.67. The van der Waals surface area contributed by atoms with Gasteiger partial charge in [-0.25, -0.2) is 0 Å². The van der Waals surface area contributed by atoms with Gasteiger partial charge in [0.2, 0.25) is 5.76 Å². The lowest BCUT2D eigenvalue weighted by Crippen LogP contribution is -2.53. The number of aromatic nitrogens is 1. The first-order valence-corrected chi connectivity index (χ1v) is 7.53. The normalized spacial score (nSPS) is 17.2. The minimum absolute atomic E-state index is 0. The summed E-state index contributed by atoms with van der Waals surface area (Å²) in [5, 5.41) is 7.04. The molecule has 0 aliphatic heterocycles. The van der Waals surface area contributed by atoms with Gasteiger partial charge in [-0.15, -0.1) is 12.4 Å². The first-order chi connectivity index (χ1) is 9.54. The molecule has 1 fully saturated rings. The Labute approximate surface area is 132 Å². The van der Waals surface area contributed by atoms with Gasteiger partial charge in [-0.05, 0) is 38.5 Å². The van der Waals surface area contributed by atoms with E-state index in [0.29, 0.717) is 18.4 Å². The van der Waals surface area contributed by atoms with E-state index in [-0.39, 0.29) is 29.6 Å². The monoisotopic (exact) mass is 315 g/mol. The molecule has 120 valence electrons. The van der Waals surface area contributed by atoms with Gasteiger partial charge < -0.3 is 15.6 Å². The van der Waals surface area contributed by atoms with Crippen molar-refractivity contribution in [3.63, 3.8) is 0 Å². The molecule has 1 aliphatic rings. The average molecular weight is 316 g/mol. The predicted molar refractivity (Wildman–Crippen MR) is 84.7 cm³/mol. The van der Waals surface area contributed by atoms with Gasteiger partial charge in [-0.2, -0.15) is 0 Å². The number of carbonyl (C=O) groups excluding carboxylic acids is 1. The molecular weight excluding hydrogens is 290 g/mol. The van der Waals surface area contributed by atoms with Crippen molar-refractivity contribution in [2.45, 2.75) is 57.9 Å². The zero-order chi connectivity index (χ0) is 14.8. The van der Waals surface area contributed by atoms with E-state index in [0.717, 1.165) is 31.4 Å². The van der Waals surface area contributed by atoms with E-state index in [1.807, 2.05) is 6.92 Å². The van der Waals surface area contributed by atoms with Crippen LogP contribution in [0, 0.1) is 5.92 Å². The number of halogens is 1. The summed E-state index contributed by atoms with van der Waals surface area (Å²) >= 11 is 0. The summed E-state index contributed by atoms with van der Waals surface area (Å²) in [6.07, 6.45) is 4.24. The number of nitrogens with zero attached hydrogens (tertiary/aromatic N) is 1. The zero-order valence-corrected chi connectivity index (χ0v) is 13.8. The molecule has 1 unspecified atom stereocenters. The fourth-order valence-corrected chi connectivity index (χ4v) is 2.66. The van der Waals surface area contributed by atoms with Crippen LogP contribution >= 0.6 is 12.4 Å². The maximum Gasteiger partial charge on any atom is 0.290 e. The van der Waals surface area contributed by atoms with Crippen molar-refractivity contribution in [2.75, 3.05) is 6.54 Å². The number of hydrogen-bond acceptors (Lipinski definition) is 4. The summed E-state index contributed by atoms with van der Waals surface area (Å²) < 4.78 is 5.20. The molecule has 0 spiro atoms. The summed E-state index contributed by atoms with van der Waals surface area (Å²) in [6, 6.07) is 1.76. The second-order valence-corrected chi connectivity index (χ2v) is 5.98. The van der Waals surface area contributed by atoms with Crippen molar-refractivity contribution in [1.29, 1.82) is 0 Å². The van der Waals surface area contributed by atoms with Gasteiger partial charge >= 0.3 is 0 Å². The number of amides is 1. The van der Waals surface area contributed by atoms with E-state index < -0.39 is 0 Å². The van der Waals surface area contributed by atoms with Crippen molar-refractivity contribution >= 4 is 18.3 Å². The van der Waals surface area contributed by atoms with Gasteiger partial charge in [0.15, 0.2) is 0 Å². The van der Waals surface area contributed by atoms with Crippen LogP contribution in [0.15, 0.2) is 10.6 Å². The molecule has 1 aromatic heterocycles. The van der Waals surface area contributed by atoms with Gasteiger partial charge in [0, 0.05) is 18.5 Å². The van der Waals surface area contributed by atoms with Crippen molar-refractivity contribution in [3.05, 3.63) is 17.5 Å². The molecule has 2 rings (SSSR count). The molecule has 1 aromatic rings. The number of hydrogen-bond donors (Lipinski definition) is 2. The molecule has 0 aromatic carbocycles. The molecule has 0 saturated heterocycles. The fraction of sp³-hybridized carbons (Fsp3) is 0.733. The van der Waals surface area contributed by atoms with E-state index >= 15 is 0 Å². The van der Waals surface area contributed by atoms with E-state index in [4.69, 9.17) is 10.3 Å². The van der Waals surface area contributed by atoms with Gasteiger partial charge in [0.25, 0.3) is 5.91 Å². The summed E-state index contributed by atoms with van der Waals surface area (Å²) in [4.78, 5) is 12.3. The summed E-state index contributed by atoms with van der Waals surface area (Å²) in [5.41, 5.74) is 6.34. The van der Waals surface area contributed by atoms with Gasteiger partial charge in [-0.3, -0.25) is 4.79 Å². The number of nitrogens with two attached hydrogens (primary N) is 1. The lowest BCUT2D eigenvalue weighted by atomic mass is 9.95. The van der Waals surface area contributed by atoms with Crippen LogP contribution in [0.1, 0.15) is 68.6 Å². The predicted octanol–water partition coefficient (Wildman–Crippen LogP) is 2.86. The fourth-order valence-electron chi connectivity index (χ4n) is 2.66. The second kappa shape index (κ2) is 7.27. The zero-order valence-electron chi connectivity index (χ0n) is 13.0. The Morgan fingerprint density at radius 1 is 1.52 bits per heavy atom. The maximum atomic E-state index is 12.3. The van der Waals surface area contributed by atoms with Crippen LogP contribution in [0.5, 0.6) is 0 Å². The number of rotatable bonds is 7. The van der Waals surface area contributed by atoms with Crippen LogP contribution in [-0.2, 0) is 0 Å². The molecule has 5 nitrogen and oxygen atoms in total. The van der Waals surface area contributed by atoms with Crippen molar-refractivity contribution in [3.8, 4) is 0 Å². The molecule has 0 bridgehead atoms. The van der Waals surface area contributed by atoms with Crippen molar-refractivity contribution < 1.29 is 9.32 Å². The smallest absolute Gasteiger partial charge is 0.290 e. The van der Waals surface area contributed by atoms with Gasteiger partial charge in [0.1, 0.15) is 0 Å². The Morgan fingerprint density at radius 2 is 2.14 bits per heavy atom. The quantitative estimate of drug-likeness (QED) is 0.810. The highest BCUT2D eigenvalue weighted by atomic mass is 35.5. The maximum absolute atomic E-state index is 12.3. The summed E-state index contributed by atoms with van der Waals surface area (Å²) in [7, 11) is 0. The molecule has 1 amide bonds. The van der Waals surface area contributed by atoms with E-state index in [9.17, 15) is 4.79 Å². The first kappa shape index (κ1) is 18.0. The van der Waals surface area contributed by atoms with E-state index in [1.165, 1.54) is 0 Å². The number of carbonyl (C=O) groups is 1. The highest BCUT2D eigenvalue weighted by Crippen LogP contribution is 2.39. The largest absolute Gasteiger partial charge is 0.351 e. The van der Waals surface area contributed by atoms with Gasteiger partial charge in [-0.1, -0.05) is 19.0 Å². The second-order valence-electron chi connectivity index (χ2n) is 5.98. The Morgan fingerprint density at radius 3 is 2.62 bits per heavy atom. The minimum atomic E-state index is -0.334. The summed E-state index contributed by atoms with van der Waals surface area (Å²) in [5.74, 6) is 0.907. The molecule has 6 heteroatoms. The third-order valence-corrected chi connectivity index (χ3v) is 4.46. The molecule has 1 atom stereocenters.